The molecule has 33 heavy (non-hydrogen) atoms. The van der Waals surface area contributed by atoms with E-state index in [2.05, 4.69) is 88.3 Å². The molecule has 1 aliphatic rings. The van der Waals surface area contributed by atoms with Gasteiger partial charge in [-0.25, -0.2) is 9.67 Å². The monoisotopic (exact) mass is 560 g/mol. The second-order valence-corrected chi connectivity index (χ2v) is 8.03. The lowest BCUT2D eigenvalue weighted by Crippen LogP contribution is -2.47. The fourth-order valence-electron chi connectivity index (χ4n) is 4.14. The summed E-state index contributed by atoms with van der Waals surface area (Å²) in [6.45, 7) is 4.80. The number of aryl methyl sites for hydroxylation is 1. The van der Waals surface area contributed by atoms with Gasteiger partial charge in [0, 0.05) is 32.0 Å². The van der Waals surface area contributed by atoms with Gasteiger partial charge in [-0.2, -0.15) is 5.10 Å². The molecule has 0 saturated heterocycles. The Balaban J connectivity index is 0.00000306. The van der Waals surface area contributed by atoms with Crippen molar-refractivity contribution < 1.29 is 4.74 Å². The van der Waals surface area contributed by atoms with E-state index in [-0.39, 0.29) is 35.9 Å². The zero-order valence-electron chi connectivity index (χ0n) is 19.3. The predicted octanol–water partition coefficient (Wildman–Crippen LogP) is 3.74. The summed E-state index contributed by atoms with van der Waals surface area (Å²) in [5.41, 5.74) is 2.54. The third-order valence-electron chi connectivity index (χ3n) is 5.70. The number of aliphatic imine (C=N–C) groups is 1. The summed E-state index contributed by atoms with van der Waals surface area (Å²) in [6, 6.07) is 21.4. The maximum atomic E-state index is 5.17. The Morgan fingerprint density at radius 3 is 2.39 bits per heavy atom. The summed E-state index contributed by atoms with van der Waals surface area (Å²) in [4.78, 5) is 9.55. The van der Waals surface area contributed by atoms with E-state index in [9.17, 15) is 0 Å². The minimum absolute atomic E-state index is 0. The molecule has 0 fully saturated rings. The number of rotatable bonds is 8. The predicted molar refractivity (Wildman–Crippen MR) is 142 cm³/mol. The standard InChI is InChI=1S/C25H32N6O.HI/c1-3-26-25(28-21-14-15-24-29-23(18-32-2)30-31(24)17-21)27-16-22(19-10-6-4-7-11-19)20-12-8-5-9-13-20;/h4-13,21-22H,3,14-18H2,1-2H3,(H2,26,27,28);1H. The van der Waals surface area contributed by atoms with Crippen molar-refractivity contribution in [3.05, 3.63) is 83.4 Å². The van der Waals surface area contributed by atoms with Crippen LogP contribution in [0.15, 0.2) is 65.7 Å². The molecule has 3 aromatic rings. The number of halogens is 1. The molecule has 176 valence electrons. The second-order valence-electron chi connectivity index (χ2n) is 8.03. The molecular formula is C25H33IN6O. The summed E-state index contributed by atoms with van der Waals surface area (Å²) in [6.07, 6.45) is 1.89. The van der Waals surface area contributed by atoms with E-state index in [0.717, 1.165) is 43.5 Å². The van der Waals surface area contributed by atoms with Crippen molar-refractivity contribution in [2.24, 2.45) is 4.99 Å². The summed E-state index contributed by atoms with van der Waals surface area (Å²) in [7, 11) is 1.67. The summed E-state index contributed by atoms with van der Waals surface area (Å²) in [5, 5.41) is 11.6. The molecule has 0 saturated carbocycles. The van der Waals surface area contributed by atoms with Crippen molar-refractivity contribution in [1.29, 1.82) is 0 Å². The Labute approximate surface area is 213 Å². The van der Waals surface area contributed by atoms with Gasteiger partial charge in [-0.3, -0.25) is 4.99 Å². The smallest absolute Gasteiger partial charge is 0.191 e. The SMILES string of the molecule is CCNC(=NCC(c1ccccc1)c1ccccc1)NC1CCc2nc(COC)nn2C1.I. The van der Waals surface area contributed by atoms with Gasteiger partial charge in [-0.15, -0.1) is 24.0 Å². The van der Waals surface area contributed by atoms with Crippen LogP contribution in [0.1, 0.15) is 42.0 Å². The van der Waals surface area contributed by atoms with Gasteiger partial charge in [0.05, 0.1) is 13.1 Å². The molecule has 2 N–H and O–H groups in total. The normalized spacial score (nSPS) is 15.6. The van der Waals surface area contributed by atoms with Crippen LogP contribution in [-0.2, 0) is 24.3 Å². The van der Waals surface area contributed by atoms with E-state index in [0.29, 0.717) is 13.2 Å². The maximum Gasteiger partial charge on any atom is 0.191 e. The average Bonchev–Trinajstić information content (AvgIpc) is 3.23. The molecule has 7 nitrogen and oxygen atoms in total. The van der Waals surface area contributed by atoms with Gasteiger partial charge in [0.1, 0.15) is 12.4 Å². The van der Waals surface area contributed by atoms with Crippen LogP contribution >= 0.6 is 24.0 Å². The van der Waals surface area contributed by atoms with E-state index >= 15 is 0 Å². The summed E-state index contributed by atoms with van der Waals surface area (Å²) >= 11 is 0. The quantitative estimate of drug-likeness (QED) is 0.250. The molecule has 1 aliphatic heterocycles. The number of guanidine groups is 1. The number of aromatic nitrogens is 3. The average molecular weight is 560 g/mol. The van der Waals surface area contributed by atoms with Crippen molar-refractivity contribution in [2.75, 3.05) is 20.2 Å². The van der Waals surface area contributed by atoms with Crippen LogP contribution < -0.4 is 10.6 Å². The van der Waals surface area contributed by atoms with Gasteiger partial charge < -0.3 is 15.4 Å². The topological polar surface area (TPSA) is 76.4 Å². The Kier molecular flexibility index (Phi) is 9.68. The minimum atomic E-state index is 0. The molecule has 1 aromatic heterocycles. The number of ether oxygens (including phenoxy) is 1. The Morgan fingerprint density at radius 2 is 1.79 bits per heavy atom. The van der Waals surface area contributed by atoms with Gasteiger partial charge in [0.25, 0.3) is 0 Å². The first-order valence-corrected chi connectivity index (χ1v) is 11.3. The number of nitrogens with zero attached hydrogens (tertiary/aromatic N) is 4. The molecule has 1 unspecified atom stereocenters. The number of nitrogens with one attached hydrogen (secondary N) is 2. The minimum Gasteiger partial charge on any atom is -0.377 e. The van der Waals surface area contributed by atoms with Crippen LogP contribution in [0.3, 0.4) is 0 Å². The lowest BCUT2D eigenvalue weighted by Gasteiger charge is -2.26. The highest BCUT2D eigenvalue weighted by Crippen LogP contribution is 2.24. The van der Waals surface area contributed by atoms with E-state index in [1.807, 2.05) is 4.68 Å². The van der Waals surface area contributed by atoms with Crippen LogP contribution in [0.25, 0.3) is 0 Å². The number of benzene rings is 2. The lowest BCUT2D eigenvalue weighted by atomic mass is 9.91. The fraction of sp³-hybridized carbons (Fsp3) is 0.400. The van der Waals surface area contributed by atoms with Crippen LogP contribution in [0.5, 0.6) is 0 Å². The summed E-state index contributed by atoms with van der Waals surface area (Å²) < 4.78 is 7.17. The van der Waals surface area contributed by atoms with Gasteiger partial charge in [-0.05, 0) is 24.5 Å². The van der Waals surface area contributed by atoms with Gasteiger partial charge in [-0.1, -0.05) is 60.7 Å². The summed E-state index contributed by atoms with van der Waals surface area (Å²) in [5.74, 6) is 2.83. The lowest BCUT2D eigenvalue weighted by molar-refractivity contribution is 0.177. The van der Waals surface area contributed by atoms with Crippen molar-refractivity contribution in [3.8, 4) is 0 Å². The van der Waals surface area contributed by atoms with E-state index < -0.39 is 0 Å². The molecule has 8 heteroatoms. The Bertz CT molecular complexity index is 969. The van der Waals surface area contributed by atoms with E-state index in [1.54, 1.807) is 7.11 Å². The molecule has 4 rings (SSSR count). The second kappa shape index (κ2) is 12.7. The first kappa shape index (κ1) is 25.2. The van der Waals surface area contributed by atoms with Gasteiger partial charge in [0.2, 0.25) is 0 Å². The third-order valence-corrected chi connectivity index (χ3v) is 5.70. The number of fused-ring (bicyclic) bond motifs is 1. The molecule has 0 spiro atoms. The molecule has 1 atom stereocenters. The third kappa shape index (κ3) is 6.77. The highest BCUT2D eigenvalue weighted by atomic mass is 127. The number of hydrogen-bond acceptors (Lipinski definition) is 4. The van der Waals surface area contributed by atoms with E-state index in [4.69, 9.17) is 9.73 Å². The van der Waals surface area contributed by atoms with E-state index in [1.165, 1.54) is 11.1 Å². The first-order valence-electron chi connectivity index (χ1n) is 11.3. The molecule has 0 amide bonds. The zero-order chi connectivity index (χ0) is 22.2. The molecule has 0 bridgehead atoms. The van der Waals surface area contributed by atoms with Crippen molar-refractivity contribution in [2.45, 2.75) is 44.9 Å². The molecule has 0 aliphatic carbocycles. The molecule has 2 heterocycles. The molecule has 2 aromatic carbocycles. The molecular weight excluding hydrogens is 527 g/mol. The van der Waals surface area contributed by atoms with Crippen LogP contribution in [0.2, 0.25) is 0 Å². The largest absolute Gasteiger partial charge is 0.377 e. The highest BCUT2D eigenvalue weighted by Gasteiger charge is 2.22. The van der Waals surface area contributed by atoms with Crippen LogP contribution in [0, 0.1) is 0 Å². The maximum absolute atomic E-state index is 5.17. The highest BCUT2D eigenvalue weighted by molar-refractivity contribution is 14.0. The number of hydrogen-bond donors (Lipinski definition) is 2. The van der Waals surface area contributed by atoms with Crippen LogP contribution in [0.4, 0.5) is 0 Å². The van der Waals surface area contributed by atoms with Gasteiger partial charge in [0.15, 0.2) is 11.8 Å². The van der Waals surface area contributed by atoms with Crippen molar-refractivity contribution >= 4 is 29.9 Å². The number of methoxy groups -OCH3 is 1. The zero-order valence-corrected chi connectivity index (χ0v) is 21.6. The first-order chi connectivity index (χ1) is 15.8. The molecule has 0 radical (unpaired) electrons. The fourth-order valence-corrected chi connectivity index (χ4v) is 4.14. The Hall–Kier alpha value is -2.46. The van der Waals surface area contributed by atoms with Crippen molar-refractivity contribution in [3.63, 3.8) is 0 Å². The van der Waals surface area contributed by atoms with Crippen LogP contribution in [-0.4, -0.2) is 47.0 Å². The Morgan fingerprint density at radius 1 is 1.12 bits per heavy atom. The van der Waals surface area contributed by atoms with Gasteiger partial charge >= 0.3 is 0 Å². The van der Waals surface area contributed by atoms with Crippen molar-refractivity contribution in [1.82, 2.24) is 25.4 Å².